The van der Waals surface area contributed by atoms with Gasteiger partial charge in [-0.15, -0.1) is 0 Å². The number of rotatable bonds is 4. The van der Waals surface area contributed by atoms with Crippen LogP contribution in [0.25, 0.3) is 0 Å². The largest absolute Gasteiger partial charge is 0.482 e. The maximum Gasteiger partial charge on any atom is 0.258 e. The Kier molecular flexibility index (Phi) is 4.69. The molecule has 1 unspecified atom stereocenters. The first kappa shape index (κ1) is 15.4. The lowest BCUT2D eigenvalue weighted by Crippen LogP contribution is -2.31. The average Bonchev–Trinajstić information content (AvgIpc) is 2.90. The molecule has 1 amide bonds. The van der Waals surface area contributed by atoms with Crippen LogP contribution in [-0.2, 0) is 11.2 Å². The van der Waals surface area contributed by atoms with Crippen LogP contribution in [-0.4, -0.2) is 12.5 Å². The highest BCUT2D eigenvalue weighted by Crippen LogP contribution is 2.31. The highest BCUT2D eigenvalue weighted by molar-refractivity contribution is 9.10. The Morgan fingerprint density at radius 1 is 1.32 bits per heavy atom. The molecule has 22 heavy (non-hydrogen) atoms. The number of hydrogen-bond acceptors (Lipinski definition) is 2. The summed E-state index contributed by atoms with van der Waals surface area (Å²) < 4.78 is 6.36. The monoisotopic (exact) mass is 379 g/mol. The van der Waals surface area contributed by atoms with Gasteiger partial charge in [0.1, 0.15) is 5.75 Å². The van der Waals surface area contributed by atoms with Crippen LogP contribution in [0.1, 0.15) is 23.6 Å². The summed E-state index contributed by atoms with van der Waals surface area (Å²) in [6.07, 6.45) is 1.94. The van der Waals surface area contributed by atoms with Crippen molar-refractivity contribution >= 4 is 33.4 Å². The van der Waals surface area contributed by atoms with E-state index >= 15 is 0 Å². The normalized spacial score (nSPS) is 16.2. The molecule has 1 N–H and O–H groups in total. The molecule has 114 valence electrons. The summed E-state index contributed by atoms with van der Waals surface area (Å²) in [5.74, 6) is 0.368. The second-order valence-corrected chi connectivity index (χ2v) is 6.54. The number of ether oxygens (including phenoxy) is 1. The van der Waals surface area contributed by atoms with Gasteiger partial charge in [-0.2, -0.15) is 0 Å². The molecule has 0 radical (unpaired) electrons. The lowest BCUT2D eigenvalue weighted by Gasteiger charge is -2.15. The first-order chi connectivity index (χ1) is 10.6. The first-order valence-electron chi connectivity index (χ1n) is 7.08. The maximum absolute atomic E-state index is 12.1. The van der Waals surface area contributed by atoms with Crippen molar-refractivity contribution in [1.82, 2.24) is 5.32 Å². The van der Waals surface area contributed by atoms with Gasteiger partial charge < -0.3 is 10.1 Å². The number of halogens is 2. The second-order valence-electron chi connectivity index (χ2n) is 5.22. The molecule has 0 fully saturated rings. The van der Waals surface area contributed by atoms with Gasteiger partial charge in [-0.3, -0.25) is 4.79 Å². The third kappa shape index (κ3) is 3.45. The van der Waals surface area contributed by atoms with Gasteiger partial charge in [0.15, 0.2) is 6.61 Å². The Bertz CT molecular complexity index is 705. The van der Waals surface area contributed by atoms with Crippen LogP contribution in [0.15, 0.2) is 46.9 Å². The molecule has 0 heterocycles. The Labute approximate surface area is 142 Å². The van der Waals surface area contributed by atoms with Gasteiger partial charge in [-0.1, -0.05) is 51.8 Å². The van der Waals surface area contributed by atoms with Crippen LogP contribution >= 0.6 is 27.5 Å². The predicted molar refractivity (Wildman–Crippen MR) is 90.3 cm³/mol. The van der Waals surface area contributed by atoms with Crippen molar-refractivity contribution in [2.24, 2.45) is 0 Å². The highest BCUT2D eigenvalue weighted by Gasteiger charge is 2.23. The van der Waals surface area contributed by atoms with Crippen molar-refractivity contribution in [2.45, 2.75) is 18.9 Å². The number of carbonyl (C=O) groups excluding carboxylic acids is 1. The summed E-state index contributed by atoms with van der Waals surface area (Å²) in [6, 6.07) is 13.6. The maximum atomic E-state index is 12.1. The van der Waals surface area contributed by atoms with E-state index in [2.05, 4.69) is 33.4 Å². The Morgan fingerprint density at radius 2 is 2.14 bits per heavy atom. The van der Waals surface area contributed by atoms with E-state index in [0.29, 0.717) is 10.8 Å². The molecular formula is C17H15BrClNO2. The van der Waals surface area contributed by atoms with E-state index < -0.39 is 0 Å². The van der Waals surface area contributed by atoms with E-state index in [4.69, 9.17) is 16.3 Å². The number of fused-ring (bicyclic) bond motifs is 1. The Morgan fingerprint density at radius 3 is 2.95 bits per heavy atom. The zero-order valence-electron chi connectivity index (χ0n) is 11.8. The lowest BCUT2D eigenvalue weighted by molar-refractivity contribution is -0.123. The minimum atomic E-state index is -0.138. The molecule has 0 aliphatic heterocycles. The molecule has 2 aromatic rings. The van der Waals surface area contributed by atoms with Crippen LogP contribution in [0, 0.1) is 0 Å². The molecule has 0 aromatic heterocycles. The van der Waals surface area contributed by atoms with Gasteiger partial charge in [-0.05, 0) is 42.2 Å². The van der Waals surface area contributed by atoms with Crippen molar-refractivity contribution in [3.8, 4) is 5.75 Å². The molecule has 1 atom stereocenters. The van der Waals surface area contributed by atoms with E-state index in [-0.39, 0.29) is 18.6 Å². The van der Waals surface area contributed by atoms with Crippen molar-refractivity contribution in [3.63, 3.8) is 0 Å². The summed E-state index contributed by atoms with van der Waals surface area (Å²) in [7, 11) is 0. The molecule has 5 heteroatoms. The van der Waals surface area contributed by atoms with E-state index in [1.807, 2.05) is 18.2 Å². The van der Waals surface area contributed by atoms with Gasteiger partial charge in [0.05, 0.1) is 11.1 Å². The summed E-state index contributed by atoms with van der Waals surface area (Å²) in [6.45, 7) is -0.0416. The SMILES string of the molecule is O=C(COc1ccc(Br)cc1Cl)NC1CCc2ccccc21. The fourth-order valence-corrected chi connectivity index (χ4v) is 3.41. The second kappa shape index (κ2) is 6.71. The lowest BCUT2D eigenvalue weighted by atomic mass is 10.1. The average molecular weight is 381 g/mol. The topological polar surface area (TPSA) is 38.3 Å². The summed E-state index contributed by atoms with van der Waals surface area (Å²) in [4.78, 5) is 12.1. The smallest absolute Gasteiger partial charge is 0.258 e. The van der Waals surface area contributed by atoms with Crippen LogP contribution in [0.4, 0.5) is 0 Å². The molecule has 1 aliphatic carbocycles. The first-order valence-corrected chi connectivity index (χ1v) is 8.25. The molecule has 0 spiro atoms. The third-order valence-corrected chi connectivity index (χ3v) is 4.51. The molecule has 2 aromatic carbocycles. The quantitative estimate of drug-likeness (QED) is 0.859. The number of amides is 1. The number of benzene rings is 2. The summed E-state index contributed by atoms with van der Waals surface area (Å²) >= 11 is 9.39. The molecule has 3 nitrogen and oxygen atoms in total. The minimum Gasteiger partial charge on any atom is -0.482 e. The van der Waals surface area contributed by atoms with Gasteiger partial charge in [0.2, 0.25) is 0 Å². The molecule has 0 saturated carbocycles. The third-order valence-electron chi connectivity index (χ3n) is 3.72. The van der Waals surface area contributed by atoms with E-state index in [1.165, 1.54) is 11.1 Å². The summed E-state index contributed by atoms with van der Waals surface area (Å²) in [5, 5.41) is 3.50. The molecule has 0 bridgehead atoms. The Balaban J connectivity index is 1.57. The van der Waals surface area contributed by atoms with Crippen molar-refractivity contribution in [1.29, 1.82) is 0 Å². The minimum absolute atomic E-state index is 0.0416. The van der Waals surface area contributed by atoms with E-state index in [1.54, 1.807) is 12.1 Å². The van der Waals surface area contributed by atoms with Gasteiger partial charge in [-0.25, -0.2) is 0 Å². The van der Waals surface area contributed by atoms with Gasteiger partial charge in [0.25, 0.3) is 5.91 Å². The van der Waals surface area contributed by atoms with E-state index in [9.17, 15) is 4.79 Å². The van der Waals surface area contributed by atoms with Crippen LogP contribution < -0.4 is 10.1 Å². The Hall–Kier alpha value is -1.52. The van der Waals surface area contributed by atoms with Crippen LogP contribution in [0.3, 0.4) is 0 Å². The molecular weight excluding hydrogens is 366 g/mol. The van der Waals surface area contributed by atoms with Crippen molar-refractivity contribution in [2.75, 3.05) is 6.61 Å². The van der Waals surface area contributed by atoms with E-state index in [0.717, 1.165) is 17.3 Å². The number of aryl methyl sites for hydroxylation is 1. The fourth-order valence-electron chi connectivity index (χ4n) is 2.68. The van der Waals surface area contributed by atoms with Gasteiger partial charge in [0, 0.05) is 4.47 Å². The summed E-state index contributed by atoms with van der Waals surface area (Å²) in [5.41, 5.74) is 2.52. The molecule has 3 rings (SSSR count). The zero-order valence-corrected chi connectivity index (χ0v) is 14.2. The number of hydrogen-bond donors (Lipinski definition) is 1. The highest BCUT2D eigenvalue weighted by atomic mass is 79.9. The molecule has 1 aliphatic rings. The zero-order chi connectivity index (χ0) is 15.5. The number of nitrogens with one attached hydrogen (secondary N) is 1. The molecule has 0 saturated heterocycles. The van der Waals surface area contributed by atoms with Crippen molar-refractivity contribution in [3.05, 3.63) is 63.1 Å². The predicted octanol–water partition coefficient (Wildman–Crippen LogP) is 4.29. The number of carbonyl (C=O) groups is 1. The fraction of sp³-hybridized carbons (Fsp3) is 0.235. The standard InChI is InChI=1S/C17H15BrClNO2/c18-12-6-8-16(14(19)9-12)22-10-17(21)20-15-7-5-11-3-1-2-4-13(11)15/h1-4,6,8-9,15H,5,7,10H2,(H,20,21). The van der Waals surface area contributed by atoms with Crippen LogP contribution in [0.2, 0.25) is 5.02 Å². The van der Waals surface area contributed by atoms with Crippen molar-refractivity contribution < 1.29 is 9.53 Å². The van der Waals surface area contributed by atoms with Crippen LogP contribution in [0.5, 0.6) is 5.75 Å². The van der Waals surface area contributed by atoms with Gasteiger partial charge >= 0.3 is 0 Å².